The van der Waals surface area contributed by atoms with Gasteiger partial charge in [-0.2, -0.15) is 0 Å². The summed E-state index contributed by atoms with van der Waals surface area (Å²) in [6.07, 6.45) is 0. The summed E-state index contributed by atoms with van der Waals surface area (Å²) in [5, 5.41) is 3.48. The molecule has 1 aromatic rings. The van der Waals surface area contributed by atoms with Gasteiger partial charge in [0, 0.05) is 24.4 Å². The number of hydrogen-bond donors (Lipinski definition) is 1. The lowest BCUT2D eigenvalue weighted by atomic mass is 9.75. The Labute approximate surface area is 84.3 Å². The van der Waals surface area contributed by atoms with E-state index >= 15 is 0 Å². The average Bonchev–Trinajstić information content (AvgIpc) is 2.77. The zero-order chi connectivity index (χ0) is 9.43. The van der Waals surface area contributed by atoms with Crippen molar-refractivity contribution in [2.75, 3.05) is 26.3 Å². The zero-order valence-corrected chi connectivity index (χ0v) is 8.20. The number of rotatable bonds is 1. The molecule has 3 rings (SSSR count). The molecule has 2 saturated heterocycles. The van der Waals surface area contributed by atoms with Gasteiger partial charge < -0.3 is 10.1 Å². The summed E-state index contributed by atoms with van der Waals surface area (Å²) in [5.74, 6) is 0.671. The minimum atomic E-state index is 0.265. The number of ether oxygens (including phenoxy) is 1. The maximum absolute atomic E-state index is 5.63. The first kappa shape index (κ1) is 8.45. The Morgan fingerprint density at radius 3 is 3.00 bits per heavy atom. The summed E-state index contributed by atoms with van der Waals surface area (Å²) >= 11 is 0. The van der Waals surface area contributed by atoms with E-state index in [1.165, 1.54) is 5.56 Å². The van der Waals surface area contributed by atoms with Crippen LogP contribution in [0.3, 0.4) is 0 Å². The third-order valence-electron chi connectivity index (χ3n) is 3.64. The lowest BCUT2D eigenvalue weighted by molar-refractivity contribution is 0.170. The van der Waals surface area contributed by atoms with E-state index in [1.807, 2.05) is 0 Å². The van der Waals surface area contributed by atoms with E-state index in [2.05, 4.69) is 35.6 Å². The van der Waals surface area contributed by atoms with Crippen LogP contribution in [0.25, 0.3) is 0 Å². The molecule has 0 radical (unpaired) electrons. The Bertz CT molecular complexity index is 312. The second-order valence-corrected chi connectivity index (χ2v) is 4.37. The van der Waals surface area contributed by atoms with E-state index in [-0.39, 0.29) is 5.41 Å². The molecule has 0 amide bonds. The average molecular weight is 189 g/mol. The third kappa shape index (κ3) is 1.04. The molecule has 2 aliphatic rings. The molecule has 2 nitrogen and oxygen atoms in total. The van der Waals surface area contributed by atoms with Crippen molar-refractivity contribution < 1.29 is 4.74 Å². The largest absolute Gasteiger partial charge is 0.380 e. The first-order valence-corrected chi connectivity index (χ1v) is 5.26. The molecule has 0 aromatic heterocycles. The monoisotopic (exact) mass is 189 g/mol. The van der Waals surface area contributed by atoms with Crippen LogP contribution < -0.4 is 5.32 Å². The Balaban J connectivity index is 2.03. The van der Waals surface area contributed by atoms with Crippen molar-refractivity contribution in [3.63, 3.8) is 0 Å². The fraction of sp³-hybridized carbons (Fsp3) is 0.500. The highest BCUT2D eigenvalue weighted by molar-refractivity contribution is 5.30. The summed E-state index contributed by atoms with van der Waals surface area (Å²) in [6, 6.07) is 10.8. The van der Waals surface area contributed by atoms with Crippen LogP contribution in [0, 0.1) is 5.92 Å². The maximum Gasteiger partial charge on any atom is 0.0579 e. The van der Waals surface area contributed by atoms with Crippen LogP contribution in [0.15, 0.2) is 30.3 Å². The van der Waals surface area contributed by atoms with Crippen LogP contribution in [0.4, 0.5) is 0 Å². The number of benzene rings is 1. The molecule has 2 fully saturated rings. The van der Waals surface area contributed by atoms with E-state index in [0.29, 0.717) is 5.92 Å². The topological polar surface area (TPSA) is 21.3 Å². The highest BCUT2D eigenvalue weighted by atomic mass is 16.5. The van der Waals surface area contributed by atoms with Crippen LogP contribution in [-0.4, -0.2) is 26.3 Å². The molecule has 2 heterocycles. The van der Waals surface area contributed by atoms with Crippen molar-refractivity contribution in [1.29, 1.82) is 0 Å². The SMILES string of the molecule is c1ccc([C@@]23CNC[C@@H]2COC3)cc1. The summed E-state index contributed by atoms with van der Waals surface area (Å²) < 4.78 is 5.63. The van der Waals surface area contributed by atoms with Gasteiger partial charge in [0.25, 0.3) is 0 Å². The van der Waals surface area contributed by atoms with Gasteiger partial charge in [-0.15, -0.1) is 0 Å². The predicted molar refractivity (Wildman–Crippen MR) is 55.3 cm³/mol. The van der Waals surface area contributed by atoms with Gasteiger partial charge in [-0.25, -0.2) is 0 Å². The van der Waals surface area contributed by atoms with Crippen molar-refractivity contribution in [2.45, 2.75) is 5.41 Å². The van der Waals surface area contributed by atoms with Crippen LogP contribution in [-0.2, 0) is 10.2 Å². The van der Waals surface area contributed by atoms with Gasteiger partial charge in [-0.05, 0) is 5.56 Å². The summed E-state index contributed by atoms with van der Waals surface area (Å²) in [6.45, 7) is 3.98. The number of fused-ring (bicyclic) bond motifs is 1. The molecule has 0 aliphatic carbocycles. The van der Waals surface area contributed by atoms with Gasteiger partial charge in [-0.3, -0.25) is 0 Å². The molecule has 0 bridgehead atoms. The van der Waals surface area contributed by atoms with Crippen molar-refractivity contribution in [3.05, 3.63) is 35.9 Å². The highest BCUT2D eigenvalue weighted by Gasteiger charge is 2.48. The second-order valence-electron chi connectivity index (χ2n) is 4.37. The predicted octanol–water partition coefficient (Wildman–Crippen LogP) is 1.17. The fourth-order valence-corrected chi connectivity index (χ4v) is 2.77. The van der Waals surface area contributed by atoms with E-state index in [0.717, 1.165) is 26.3 Å². The van der Waals surface area contributed by atoms with Crippen LogP contribution in [0.1, 0.15) is 5.56 Å². The van der Waals surface area contributed by atoms with E-state index in [1.54, 1.807) is 0 Å². The van der Waals surface area contributed by atoms with Gasteiger partial charge in [0.15, 0.2) is 0 Å². The van der Waals surface area contributed by atoms with Crippen LogP contribution in [0.2, 0.25) is 0 Å². The quantitative estimate of drug-likeness (QED) is 0.716. The Kier molecular flexibility index (Phi) is 1.85. The summed E-state index contributed by atoms with van der Waals surface area (Å²) in [5.41, 5.74) is 1.70. The molecule has 2 atom stereocenters. The van der Waals surface area contributed by atoms with Gasteiger partial charge in [-0.1, -0.05) is 30.3 Å². The molecule has 74 valence electrons. The Morgan fingerprint density at radius 1 is 1.29 bits per heavy atom. The van der Waals surface area contributed by atoms with Gasteiger partial charge in [0.1, 0.15) is 0 Å². The van der Waals surface area contributed by atoms with Gasteiger partial charge >= 0.3 is 0 Å². The molecule has 2 aliphatic heterocycles. The molecule has 2 heteroatoms. The minimum Gasteiger partial charge on any atom is -0.380 e. The molecular weight excluding hydrogens is 174 g/mol. The summed E-state index contributed by atoms with van der Waals surface area (Å²) in [4.78, 5) is 0. The minimum absolute atomic E-state index is 0.265. The smallest absolute Gasteiger partial charge is 0.0579 e. The molecule has 1 aromatic carbocycles. The lowest BCUT2D eigenvalue weighted by Crippen LogP contribution is -2.34. The molecule has 14 heavy (non-hydrogen) atoms. The fourth-order valence-electron chi connectivity index (χ4n) is 2.77. The Hall–Kier alpha value is -0.860. The van der Waals surface area contributed by atoms with Gasteiger partial charge in [0.2, 0.25) is 0 Å². The van der Waals surface area contributed by atoms with Crippen molar-refractivity contribution in [2.24, 2.45) is 5.92 Å². The second kappa shape index (κ2) is 3.07. The number of nitrogens with one attached hydrogen (secondary N) is 1. The first-order valence-electron chi connectivity index (χ1n) is 5.26. The zero-order valence-electron chi connectivity index (χ0n) is 8.20. The lowest BCUT2D eigenvalue weighted by Gasteiger charge is -2.26. The maximum atomic E-state index is 5.63. The summed E-state index contributed by atoms with van der Waals surface area (Å²) in [7, 11) is 0. The van der Waals surface area contributed by atoms with Crippen LogP contribution in [0.5, 0.6) is 0 Å². The molecule has 0 spiro atoms. The highest BCUT2D eigenvalue weighted by Crippen LogP contribution is 2.40. The van der Waals surface area contributed by atoms with Crippen molar-refractivity contribution >= 4 is 0 Å². The van der Waals surface area contributed by atoms with E-state index in [9.17, 15) is 0 Å². The standard InChI is InChI=1S/C12H15NO/c1-2-4-10(5-3-1)12-8-13-6-11(12)7-14-9-12/h1-5,11,13H,6-9H2/t11-,12+/m1/s1. The molecule has 0 saturated carbocycles. The Morgan fingerprint density at radius 2 is 2.14 bits per heavy atom. The molecule has 1 N–H and O–H groups in total. The first-order chi connectivity index (χ1) is 6.92. The number of hydrogen-bond acceptors (Lipinski definition) is 2. The van der Waals surface area contributed by atoms with E-state index < -0.39 is 0 Å². The molecule has 0 unspecified atom stereocenters. The third-order valence-corrected chi connectivity index (χ3v) is 3.64. The van der Waals surface area contributed by atoms with E-state index in [4.69, 9.17) is 4.74 Å². The van der Waals surface area contributed by atoms with Crippen molar-refractivity contribution in [3.8, 4) is 0 Å². The van der Waals surface area contributed by atoms with Crippen LogP contribution >= 0.6 is 0 Å². The normalized spacial score (nSPS) is 35.9. The van der Waals surface area contributed by atoms with Gasteiger partial charge in [0.05, 0.1) is 13.2 Å². The van der Waals surface area contributed by atoms with Crippen molar-refractivity contribution in [1.82, 2.24) is 5.32 Å². The molecular formula is C12H15NO.